The average Bonchev–Trinajstić information content (AvgIpc) is 2.38. The number of hydrogen-bond acceptors (Lipinski definition) is 3. The number of halogens is 1. The maximum Gasteiger partial charge on any atom is 0.148 e. The molecule has 0 amide bonds. The van der Waals surface area contributed by atoms with Crippen LogP contribution in [0.25, 0.3) is 0 Å². The summed E-state index contributed by atoms with van der Waals surface area (Å²) in [6.45, 7) is 8.21. The molecule has 2 rings (SSSR count). The molecule has 1 saturated heterocycles. The summed E-state index contributed by atoms with van der Waals surface area (Å²) in [4.78, 5) is 4.57. The Labute approximate surface area is 108 Å². The lowest BCUT2D eigenvalue weighted by molar-refractivity contribution is 0.192. The van der Waals surface area contributed by atoms with Crippen molar-refractivity contribution in [2.75, 3.05) is 36.8 Å². The molecule has 1 heterocycles. The van der Waals surface area contributed by atoms with Crippen LogP contribution in [-0.2, 0) is 0 Å². The molecular weight excluding hydrogens is 229 g/mol. The molecular formula is C14H22FN3. The Kier molecular flexibility index (Phi) is 4.07. The van der Waals surface area contributed by atoms with Gasteiger partial charge in [0.05, 0.1) is 5.69 Å². The fourth-order valence-corrected chi connectivity index (χ4v) is 2.44. The zero-order valence-corrected chi connectivity index (χ0v) is 11.2. The molecule has 3 nitrogen and oxygen atoms in total. The van der Waals surface area contributed by atoms with Crippen molar-refractivity contribution in [2.24, 2.45) is 0 Å². The van der Waals surface area contributed by atoms with E-state index in [4.69, 9.17) is 5.73 Å². The van der Waals surface area contributed by atoms with E-state index in [0.29, 0.717) is 17.4 Å². The first-order valence-corrected chi connectivity index (χ1v) is 6.66. The van der Waals surface area contributed by atoms with E-state index in [1.807, 2.05) is 0 Å². The Morgan fingerprint density at radius 2 is 1.94 bits per heavy atom. The molecule has 1 atom stereocenters. The van der Waals surface area contributed by atoms with Gasteiger partial charge in [-0.05, 0) is 31.5 Å². The van der Waals surface area contributed by atoms with Gasteiger partial charge in [0.2, 0.25) is 0 Å². The summed E-state index contributed by atoms with van der Waals surface area (Å²) in [7, 11) is 0. The van der Waals surface area contributed by atoms with Gasteiger partial charge < -0.3 is 10.6 Å². The zero-order chi connectivity index (χ0) is 13.1. The van der Waals surface area contributed by atoms with Crippen molar-refractivity contribution in [3.05, 3.63) is 24.0 Å². The van der Waals surface area contributed by atoms with Gasteiger partial charge in [-0.1, -0.05) is 6.92 Å². The SMILES string of the molecule is CCC(C)N1CCN(c2ccc(N)cc2F)CC1. The molecule has 0 radical (unpaired) electrons. The normalized spacial score (nSPS) is 18.9. The third kappa shape index (κ3) is 2.75. The van der Waals surface area contributed by atoms with Crippen LogP contribution in [0, 0.1) is 5.82 Å². The average molecular weight is 251 g/mol. The summed E-state index contributed by atoms with van der Waals surface area (Å²) in [5.41, 5.74) is 6.73. The lowest BCUT2D eigenvalue weighted by Gasteiger charge is -2.39. The molecule has 0 bridgehead atoms. The number of nitrogens with zero attached hydrogens (tertiary/aromatic N) is 2. The number of nitrogens with two attached hydrogens (primary N) is 1. The fraction of sp³-hybridized carbons (Fsp3) is 0.571. The second kappa shape index (κ2) is 5.57. The van der Waals surface area contributed by atoms with Crippen molar-refractivity contribution in [2.45, 2.75) is 26.3 Å². The third-order valence-electron chi connectivity index (χ3n) is 3.84. The molecule has 1 fully saturated rings. The highest BCUT2D eigenvalue weighted by Crippen LogP contribution is 2.23. The van der Waals surface area contributed by atoms with Crippen LogP contribution >= 0.6 is 0 Å². The first-order valence-electron chi connectivity index (χ1n) is 6.66. The van der Waals surface area contributed by atoms with E-state index in [1.54, 1.807) is 12.1 Å². The molecule has 0 spiro atoms. The van der Waals surface area contributed by atoms with Crippen molar-refractivity contribution >= 4 is 11.4 Å². The number of piperazine rings is 1. The van der Waals surface area contributed by atoms with Gasteiger partial charge >= 0.3 is 0 Å². The highest BCUT2D eigenvalue weighted by Gasteiger charge is 2.21. The van der Waals surface area contributed by atoms with Gasteiger partial charge in [-0.15, -0.1) is 0 Å². The first-order chi connectivity index (χ1) is 8.61. The van der Waals surface area contributed by atoms with Crippen LogP contribution in [0.3, 0.4) is 0 Å². The summed E-state index contributed by atoms with van der Waals surface area (Å²) < 4.78 is 13.8. The Bertz CT molecular complexity index is 400. The van der Waals surface area contributed by atoms with Crippen LogP contribution in [0.5, 0.6) is 0 Å². The summed E-state index contributed by atoms with van der Waals surface area (Å²) in [6, 6.07) is 5.56. The van der Waals surface area contributed by atoms with Crippen LogP contribution in [0.4, 0.5) is 15.8 Å². The quantitative estimate of drug-likeness (QED) is 0.837. The number of hydrogen-bond donors (Lipinski definition) is 1. The van der Waals surface area contributed by atoms with Gasteiger partial charge in [0.25, 0.3) is 0 Å². The molecule has 1 aliphatic heterocycles. The Morgan fingerprint density at radius 1 is 1.28 bits per heavy atom. The molecule has 4 heteroatoms. The van der Waals surface area contributed by atoms with E-state index >= 15 is 0 Å². The number of rotatable bonds is 3. The van der Waals surface area contributed by atoms with Crippen molar-refractivity contribution in [3.8, 4) is 0 Å². The molecule has 18 heavy (non-hydrogen) atoms. The molecule has 1 unspecified atom stereocenters. The Morgan fingerprint density at radius 3 is 2.50 bits per heavy atom. The van der Waals surface area contributed by atoms with Crippen LogP contribution in [-0.4, -0.2) is 37.1 Å². The van der Waals surface area contributed by atoms with Crippen molar-refractivity contribution < 1.29 is 4.39 Å². The summed E-state index contributed by atoms with van der Waals surface area (Å²) >= 11 is 0. The van der Waals surface area contributed by atoms with E-state index in [-0.39, 0.29) is 5.82 Å². The Balaban J connectivity index is 2.01. The maximum absolute atomic E-state index is 13.8. The highest BCUT2D eigenvalue weighted by atomic mass is 19.1. The molecule has 1 aliphatic rings. The first kappa shape index (κ1) is 13.1. The van der Waals surface area contributed by atoms with Gasteiger partial charge in [0.15, 0.2) is 0 Å². The van der Waals surface area contributed by atoms with Crippen LogP contribution < -0.4 is 10.6 Å². The van der Waals surface area contributed by atoms with Gasteiger partial charge in [0.1, 0.15) is 5.82 Å². The van der Waals surface area contributed by atoms with Crippen LogP contribution in [0.15, 0.2) is 18.2 Å². The molecule has 0 saturated carbocycles. The molecule has 1 aromatic carbocycles. The topological polar surface area (TPSA) is 32.5 Å². The predicted molar refractivity (Wildman–Crippen MR) is 74.4 cm³/mol. The van der Waals surface area contributed by atoms with Crippen molar-refractivity contribution in [3.63, 3.8) is 0 Å². The van der Waals surface area contributed by atoms with E-state index in [9.17, 15) is 4.39 Å². The monoisotopic (exact) mass is 251 g/mol. The van der Waals surface area contributed by atoms with E-state index in [0.717, 1.165) is 32.6 Å². The molecule has 0 aromatic heterocycles. The van der Waals surface area contributed by atoms with Gasteiger partial charge in [-0.25, -0.2) is 4.39 Å². The Hall–Kier alpha value is -1.29. The number of nitrogen functional groups attached to an aromatic ring is 1. The van der Waals surface area contributed by atoms with Gasteiger partial charge in [-0.2, -0.15) is 0 Å². The van der Waals surface area contributed by atoms with Crippen LogP contribution in [0.1, 0.15) is 20.3 Å². The lowest BCUT2D eigenvalue weighted by atomic mass is 10.1. The van der Waals surface area contributed by atoms with Gasteiger partial charge in [-0.3, -0.25) is 4.90 Å². The van der Waals surface area contributed by atoms with Crippen LogP contribution in [0.2, 0.25) is 0 Å². The zero-order valence-electron chi connectivity index (χ0n) is 11.2. The smallest absolute Gasteiger partial charge is 0.148 e. The second-order valence-corrected chi connectivity index (χ2v) is 4.99. The molecule has 2 N–H and O–H groups in total. The fourth-order valence-electron chi connectivity index (χ4n) is 2.44. The van der Waals surface area contributed by atoms with E-state index in [1.165, 1.54) is 6.07 Å². The minimum Gasteiger partial charge on any atom is -0.399 e. The minimum atomic E-state index is -0.216. The number of anilines is 2. The molecule has 1 aromatic rings. The maximum atomic E-state index is 13.8. The number of benzene rings is 1. The van der Waals surface area contributed by atoms with E-state index in [2.05, 4.69) is 23.6 Å². The molecule has 100 valence electrons. The minimum absolute atomic E-state index is 0.216. The summed E-state index contributed by atoms with van der Waals surface area (Å²) in [5.74, 6) is -0.216. The molecule has 0 aliphatic carbocycles. The summed E-state index contributed by atoms with van der Waals surface area (Å²) in [6.07, 6.45) is 1.16. The lowest BCUT2D eigenvalue weighted by Crippen LogP contribution is -2.49. The third-order valence-corrected chi connectivity index (χ3v) is 3.84. The van der Waals surface area contributed by atoms with Crippen molar-refractivity contribution in [1.82, 2.24) is 4.90 Å². The van der Waals surface area contributed by atoms with Crippen molar-refractivity contribution in [1.29, 1.82) is 0 Å². The summed E-state index contributed by atoms with van der Waals surface area (Å²) in [5, 5.41) is 0. The highest BCUT2D eigenvalue weighted by molar-refractivity contribution is 5.54. The van der Waals surface area contributed by atoms with E-state index < -0.39 is 0 Å². The standard InChI is InChI=1S/C14H22FN3/c1-3-11(2)17-6-8-18(9-7-17)14-5-4-12(16)10-13(14)15/h4-5,10-11H,3,6-9,16H2,1-2H3. The second-order valence-electron chi connectivity index (χ2n) is 4.99. The predicted octanol–water partition coefficient (Wildman–Crippen LogP) is 2.33. The largest absolute Gasteiger partial charge is 0.399 e. The van der Waals surface area contributed by atoms with Gasteiger partial charge in [0, 0.05) is 37.9 Å².